The minimum Gasteiger partial charge on any atom is -0.548 e. The number of fused-ring (bicyclic) bond motifs is 1. The molecule has 0 aromatic heterocycles. The van der Waals surface area contributed by atoms with Crippen LogP contribution in [0.1, 0.15) is 26.7 Å². The number of carbonyl (C=O) groups is 2. The summed E-state index contributed by atoms with van der Waals surface area (Å²) >= 11 is 0. The molecule has 108 valence electrons. The Morgan fingerprint density at radius 2 is 2.11 bits per heavy atom. The first-order valence-electron chi connectivity index (χ1n) is 7.08. The van der Waals surface area contributed by atoms with Crippen LogP contribution < -0.4 is 5.11 Å². The molecule has 0 bridgehead atoms. The zero-order valence-electron chi connectivity index (χ0n) is 11.7. The molecule has 0 aromatic rings. The first kappa shape index (κ1) is 14.1. The Morgan fingerprint density at radius 3 is 2.68 bits per heavy atom. The molecule has 2 atom stereocenters. The molecule has 0 spiro atoms. The lowest BCUT2D eigenvalue weighted by molar-refractivity contribution is -0.312. The number of amides is 2. The normalized spacial score (nSPS) is 26.2. The van der Waals surface area contributed by atoms with E-state index in [4.69, 9.17) is 0 Å². The van der Waals surface area contributed by atoms with Crippen LogP contribution in [0.4, 0.5) is 4.79 Å². The smallest absolute Gasteiger partial charge is 0.320 e. The molecule has 2 fully saturated rings. The Balaban J connectivity index is 2.02. The maximum absolute atomic E-state index is 12.2. The van der Waals surface area contributed by atoms with Gasteiger partial charge >= 0.3 is 6.03 Å². The Labute approximate surface area is 114 Å². The van der Waals surface area contributed by atoms with Crippen LogP contribution in [0.5, 0.6) is 0 Å². The van der Waals surface area contributed by atoms with Gasteiger partial charge in [-0.1, -0.05) is 6.92 Å². The van der Waals surface area contributed by atoms with E-state index in [9.17, 15) is 14.7 Å². The van der Waals surface area contributed by atoms with E-state index in [-0.39, 0.29) is 12.1 Å². The van der Waals surface area contributed by atoms with Crippen molar-refractivity contribution in [2.75, 3.05) is 32.7 Å². The molecule has 0 N–H and O–H groups in total. The Hall–Kier alpha value is -1.30. The molecule has 2 rings (SSSR count). The van der Waals surface area contributed by atoms with Gasteiger partial charge in [-0.25, -0.2) is 4.79 Å². The fourth-order valence-electron chi connectivity index (χ4n) is 3.11. The van der Waals surface area contributed by atoms with Gasteiger partial charge in [0.15, 0.2) is 0 Å². The number of piperazine rings is 1. The molecule has 2 heterocycles. The van der Waals surface area contributed by atoms with Crippen molar-refractivity contribution in [1.29, 1.82) is 0 Å². The van der Waals surface area contributed by atoms with Gasteiger partial charge in [0, 0.05) is 44.8 Å². The Bertz CT molecular complexity index is 361. The van der Waals surface area contributed by atoms with Crippen molar-refractivity contribution in [1.82, 2.24) is 14.7 Å². The summed E-state index contributed by atoms with van der Waals surface area (Å²) in [5.41, 5.74) is 0. The fraction of sp³-hybridized carbons (Fsp3) is 0.846. The molecule has 2 amide bonds. The number of hydrogen-bond acceptors (Lipinski definition) is 4. The number of urea groups is 1. The quantitative estimate of drug-likeness (QED) is 0.679. The summed E-state index contributed by atoms with van der Waals surface area (Å²) in [5.74, 6) is -1.01. The maximum atomic E-state index is 12.2. The van der Waals surface area contributed by atoms with E-state index in [2.05, 4.69) is 0 Å². The summed E-state index contributed by atoms with van der Waals surface area (Å²) in [7, 11) is 0. The van der Waals surface area contributed by atoms with Crippen molar-refractivity contribution in [3.05, 3.63) is 0 Å². The number of carbonyl (C=O) groups excluding carboxylic acids is 2. The SMILES string of the molecule is CCC(C(=O)[O-])N1CCN2C(=O)N(CC)CCC2C1. The third-order valence-electron chi connectivity index (χ3n) is 4.24. The van der Waals surface area contributed by atoms with Gasteiger partial charge in [0.05, 0.1) is 5.97 Å². The van der Waals surface area contributed by atoms with Gasteiger partial charge in [0.1, 0.15) is 0 Å². The summed E-state index contributed by atoms with van der Waals surface area (Å²) in [5, 5.41) is 11.1. The number of rotatable bonds is 4. The van der Waals surface area contributed by atoms with Gasteiger partial charge in [-0.15, -0.1) is 0 Å². The minimum atomic E-state index is -1.01. The molecule has 2 unspecified atom stereocenters. The van der Waals surface area contributed by atoms with Gasteiger partial charge in [0.25, 0.3) is 0 Å². The molecule has 0 saturated carbocycles. The molecular weight excluding hydrogens is 246 g/mol. The van der Waals surface area contributed by atoms with Crippen LogP contribution in [0.2, 0.25) is 0 Å². The first-order chi connectivity index (χ1) is 9.08. The summed E-state index contributed by atoms with van der Waals surface area (Å²) in [6, 6.07) is -0.279. The van der Waals surface area contributed by atoms with Gasteiger partial charge in [-0.3, -0.25) is 4.90 Å². The second kappa shape index (κ2) is 5.77. The highest BCUT2D eigenvalue weighted by Crippen LogP contribution is 2.22. The molecule has 2 aliphatic heterocycles. The zero-order chi connectivity index (χ0) is 14.0. The highest BCUT2D eigenvalue weighted by atomic mass is 16.4. The van der Waals surface area contributed by atoms with E-state index in [1.165, 1.54) is 0 Å². The molecule has 6 nitrogen and oxygen atoms in total. The van der Waals surface area contributed by atoms with E-state index < -0.39 is 12.0 Å². The number of nitrogens with zero attached hydrogens (tertiary/aromatic N) is 3. The molecule has 2 saturated heterocycles. The van der Waals surface area contributed by atoms with Gasteiger partial charge in [0.2, 0.25) is 0 Å². The van der Waals surface area contributed by atoms with Gasteiger partial charge < -0.3 is 19.7 Å². The van der Waals surface area contributed by atoms with Crippen molar-refractivity contribution in [3.8, 4) is 0 Å². The lowest BCUT2D eigenvalue weighted by atomic mass is 10.0. The molecule has 0 radical (unpaired) electrons. The van der Waals surface area contributed by atoms with E-state index in [0.717, 1.165) is 19.5 Å². The summed E-state index contributed by atoms with van der Waals surface area (Å²) in [6.45, 7) is 7.23. The van der Waals surface area contributed by atoms with Crippen LogP contribution in [0.25, 0.3) is 0 Å². The molecule has 6 heteroatoms. The lowest BCUT2D eigenvalue weighted by Crippen LogP contribution is -2.64. The molecule has 19 heavy (non-hydrogen) atoms. The third-order valence-corrected chi connectivity index (χ3v) is 4.24. The number of carboxylic acids is 1. The van der Waals surface area contributed by atoms with Crippen molar-refractivity contribution < 1.29 is 14.7 Å². The molecule has 0 aromatic carbocycles. The lowest BCUT2D eigenvalue weighted by Gasteiger charge is -2.48. The van der Waals surface area contributed by atoms with Crippen LogP contribution >= 0.6 is 0 Å². The molecule has 2 aliphatic rings. The van der Waals surface area contributed by atoms with Crippen LogP contribution in [0.3, 0.4) is 0 Å². The van der Waals surface area contributed by atoms with Crippen LogP contribution in [0, 0.1) is 0 Å². The van der Waals surface area contributed by atoms with Crippen LogP contribution in [0.15, 0.2) is 0 Å². The highest BCUT2D eigenvalue weighted by Gasteiger charge is 2.37. The second-order valence-corrected chi connectivity index (χ2v) is 5.24. The standard InChI is InChI=1S/C13H23N3O3/c1-3-11(12(17)18)15-7-8-16-10(9-15)5-6-14(4-2)13(16)19/h10-11H,3-9H2,1-2H3,(H,17,18)/p-1. The Kier molecular flexibility index (Phi) is 4.29. The monoisotopic (exact) mass is 268 g/mol. The predicted octanol–water partition coefficient (Wildman–Crippen LogP) is -0.653. The average Bonchev–Trinajstić information content (AvgIpc) is 2.39. The topological polar surface area (TPSA) is 66.9 Å². The third kappa shape index (κ3) is 2.68. The number of aliphatic carboxylic acids is 1. The Morgan fingerprint density at radius 1 is 1.37 bits per heavy atom. The van der Waals surface area contributed by atoms with E-state index in [0.29, 0.717) is 26.1 Å². The summed E-state index contributed by atoms with van der Waals surface area (Å²) < 4.78 is 0. The predicted molar refractivity (Wildman–Crippen MR) is 68.4 cm³/mol. The number of hydrogen-bond donors (Lipinski definition) is 0. The number of carboxylic acid groups (broad SMARTS) is 1. The zero-order valence-corrected chi connectivity index (χ0v) is 11.7. The first-order valence-corrected chi connectivity index (χ1v) is 7.08. The van der Waals surface area contributed by atoms with Gasteiger partial charge in [-0.2, -0.15) is 0 Å². The maximum Gasteiger partial charge on any atom is 0.320 e. The van der Waals surface area contributed by atoms with Crippen molar-refractivity contribution in [3.63, 3.8) is 0 Å². The van der Waals surface area contributed by atoms with Crippen LogP contribution in [-0.2, 0) is 4.79 Å². The average molecular weight is 268 g/mol. The highest BCUT2D eigenvalue weighted by molar-refractivity contribution is 5.76. The van der Waals surface area contributed by atoms with Crippen molar-refractivity contribution in [2.24, 2.45) is 0 Å². The molecular formula is C13H22N3O3-. The van der Waals surface area contributed by atoms with Crippen LogP contribution in [-0.4, -0.2) is 71.5 Å². The minimum absolute atomic E-state index is 0.0971. The summed E-state index contributed by atoms with van der Waals surface area (Å²) in [6.07, 6.45) is 1.46. The van der Waals surface area contributed by atoms with Gasteiger partial charge in [-0.05, 0) is 19.8 Å². The largest absolute Gasteiger partial charge is 0.548 e. The van der Waals surface area contributed by atoms with E-state index in [1.807, 2.05) is 28.5 Å². The van der Waals surface area contributed by atoms with Crippen molar-refractivity contribution in [2.45, 2.75) is 38.8 Å². The summed E-state index contributed by atoms with van der Waals surface area (Å²) in [4.78, 5) is 29.0. The fourth-order valence-corrected chi connectivity index (χ4v) is 3.11. The van der Waals surface area contributed by atoms with Crippen molar-refractivity contribution >= 4 is 12.0 Å². The molecule has 0 aliphatic carbocycles. The van der Waals surface area contributed by atoms with E-state index >= 15 is 0 Å². The second-order valence-electron chi connectivity index (χ2n) is 5.24. The van der Waals surface area contributed by atoms with E-state index in [1.54, 1.807) is 0 Å².